The van der Waals surface area contributed by atoms with Crippen molar-refractivity contribution in [2.75, 3.05) is 7.11 Å². The van der Waals surface area contributed by atoms with Crippen molar-refractivity contribution in [1.29, 1.82) is 0 Å². The summed E-state index contributed by atoms with van der Waals surface area (Å²) in [6.07, 6.45) is 10.2. The summed E-state index contributed by atoms with van der Waals surface area (Å²) in [5, 5.41) is 11.1. The molecule has 0 aromatic rings. The highest BCUT2D eigenvalue weighted by Gasteiger charge is 2.62. The Balaban J connectivity index is 1.70. The largest absolute Gasteiger partial charge is 0.393 e. The van der Waals surface area contributed by atoms with Crippen LogP contribution in [0.1, 0.15) is 46.0 Å². The van der Waals surface area contributed by atoms with Crippen LogP contribution in [0.15, 0.2) is 23.8 Å². The molecule has 0 aromatic heterocycles. The molecule has 4 aliphatic rings. The minimum Gasteiger partial charge on any atom is -0.393 e. The number of carbonyl (C=O) groups excluding carboxylic acids is 1. The fourth-order valence-corrected chi connectivity index (χ4v) is 6.55. The van der Waals surface area contributed by atoms with Gasteiger partial charge < -0.3 is 5.11 Å². The van der Waals surface area contributed by atoms with E-state index in [9.17, 15) is 9.90 Å². The Labute approximate surface area is 143 Å². The Morgan fingerprint density at radius 1 is 1.25 bits per heavy atom. The van der Waals surface area contributed by atoms with Crippen molar-refractivity contribution in [2.45, 2.75) is 58.2 Å². The molecule has 0 bridgehead atoms. The van der Waals surface area contributed by atoms with Gasteiger partial charge in [0.25, 0.3) is 0 Å². The Morgan fingerprint density at radius 3 is 2.79 bits per heavy atom. The topological polar surface area (TPSA) is 55.8 Å². The van der Waals surface area contributed by atoms with Crippen LogP contribution in [0.25, 0.3) is 0 Å². The van der Waals surface area contributed by atoms with Gasteiger partial charge in [-0.1, -0.05) is 25.5 Å². The predicted octanol–water partition coefficient (Wildman–Crippen LogP) is 3.21. The van der Waals surface area contributed by atoms with Gasteiger partial charge in [0.05, 0.1) is 19.3 Å². The zero-order chi connectivity index (χ0) is 17.1. The van der Waals surface area contributed by atoms with Gasteiger partial charge in [-0.2, -0.15) is 0 Å². The van der Waals surface area contributed by atoms with E-state index >= 15 is 0 Å². The lowest BCUT2D eigenvalue weighted by molar-refractivity contribution is -0.329. The number of fused-ring (bicyclic) bond motifs is 5. The van der Waals surface area contributed by atoms with Crippen LogP contribution >= 0.6 is 0 Å². The van der Waals surface area contributed by atoms with Crippen LogP contribution in [0.5, 0.6) is 0 Å². The van der Waals surface area contributed by atoms with Crippen LogP contribution in [0.3, 0.4) is 0 Å². The minimum absolute atomic E-state index is 0.0254. The van der Waals surface area contributed by atoms with Crippen LogP contribution in [0, 0.1) is 28.6 Å². The number of ketones is 1. The van der Waals surface area contributed by atoms with E-state index in [-0.39, 0.29) is 34.7 Å². The second-order valence-corrected chi connectivity index (χ2v) is 8.63. The Morgan fingerprint density at radius 2 is 2.04 bits per heavy atom. The molecule has 0 amide bonds. The zero-order valence-corrected chi connectivity index (χ0v) is 14.8. The standard InChI is InChI=1S/C20H28O4/c1-19-9-8-13(21)10-12(19)4-5-14-15-6-7-17(24-23-3)20(15,2)11-16(22)18(14)19/h8-10,14-18,22H,4-7,11H2,1-3H3. The van der Waals surface area contributed by atoms with Crippen molar-refractivity contribution in [3.8, 4) is 0 Å². The average molecular weight is 332 g/mol. The van der Waals surface area contributed by atoms with Gasteiger partial charge >= 0.3 is 0 Å². The van der Waals surface area contributed by atoms with E-state index in [1.54, 1.807) is 13.2 Å². The molecule has 24 heavy (non-hydrogen) atoms. The van der Waals surface area contributed by atoms with Gasteiger partial charge in [0.2, 0.25) is 0 Å². The summed E-state index contributed by atoms with van der Waals surface area (Å²) in [6.45, 7) is 4.48. The molecule has 4 aliphatic carbocycles. The first kappa shape index (κ1) is 16.5. The fourth-order valence-electron chi connectivity index (χ4n) is 6.55. The lowest BCUT2D eigenvalue weighted by Gasteiger charge is -2.58. The SMILES string of the molecule is COOC1CCC2C3CCC4=CC(=O)C=CC4(C)C3C(O)CC12C. The third-order valence-electron chi connectivity index (χ3n) is 7.62. The quantitative estimate of drug-likeness (QED) is 0.623. The van der Waals surface area contributed by atoms with E-state index in [2.05, 4.69) is 19.9 Å². The molecule has 0 aromatic carbocycles. The number of carbonyl (C=O) groups is 1. The third-order valence-corrected chi connectivity index (χ3v) is 7.62. The summed E-state index contributed by atoms with van der Waals surface area (Å²) in [5.41, 5.74) is 1.00. The number of aliphatic hydroxyl groups is 1. The van der Waals surface area contributed by atoms with Crippen LogP contribution in [0.4, 0.5) is 0 Å². The maximum Gasteiger partial charge on any atom is 0.178 e. The molecule has 1 N–H and O–H groups in total. The van der Waals surface area contributed by atoms with Crippen molar-refractivity contribution in [1.82, 2.24) is 0 Å². The van der Waals surface area contributed by atoms with Gasteiger partial charge in [-0.3, -0.25) is 4.79 Å². The second kappa shape index (κ2) is 5.52. The summed E-state index contributed by atoms with van der Waals surface area (Å²) in [4.78, 5) is 22.4. The van der Waals surface area contributed by atoms with Crippen molar-refractivity contribution < 1.29 is 19.7 Å². The van der Waals surface area contributed by atoms with Gasteiger partial charge in [0.1, 0.15) is 0 Å². The summed E-state index contributed by atoms with van der Waals surface area (Å²) in [5.74, 6) is 1.31. The lowest BCUT2D eigenvalue weighted by Crippen LogP contribution is -2.56. The highest BCUT2D eigenvalue weighted by molar-refractivity contribution is 6.01. The molecule has 4 heteroatoms. The Kier molecular flexibility index (Phi) is 3.79. The molecule has 0 radical (unpaired) electrons. The zero-order valence-electron chi connectivity index (χ0n) is 14.8. The van der Waals surface area contributed by atoms with Crippen LogP contribution < -0.4 is 0 Å². The molecule has 4 nitrogen and oxygen atoms in total. The summed E-state index contributed by atoms with van der Waals surface area (Å²) in [7, 11) is 1.57. The van der Waals surface area contributed by atoms with Crippen molar-refractivity contribution in [2.24, 2.45) is 28.6 Å². The van der Waals surface area contributed by atoms with Crippen molar-refractivity contribution in [3.63, 3.8) is 0 Å². The van der Waals surface area contributed by atoms with Crippen molar-refractivity contribution in [3.05, 3.63) is 23.8 Å². The number of aliphatic hydroxyl groups excluding tert-OH is 1. The normalized spacial score (nSPS) is 50.1. The van der Waals surface area contributed by atoms with Gasteiger partial charge in [0.15, 0.2) is 5.78 Å². The minimum atomic E-state index is -0.371. The average Bonchev–Trinajstić information content (AvgIpc) is 2.84. The molecule has 7 unspecified atom stereocenters. The molecule has 4 rings (SSSR count). The van der Waals surface area contributed by atoms with Gasteiger partial charge in [-0.05, 0) is 56.1 Å². The summed E-state index contributed by atoms with van der Waals surface area (Å²) in [6, 6.07) is 0. The first-order valence-corrected chi connectivity index (χ1v) is 9.22. The second-order valence-electron chi connectivity index (χ2n) is 8.63. The number of hydrogen-bond donors (Lipinski definition) is 1. The van der Waals surface area contributed by atoms with Gasteiger partial charge in [-0.15, -0.1) is 0 Å². The van der Waals surface area contributed by atoms with E-state index in [0.717, 1.165) is 32.1 Å². The van der Waals surface area contributed by atoms with E-state index < -0.39 is 0 Å². The first-order chi connectivity index (χ1) is 11.4. The maximum absolute atomic E-state index is 11.8. The van der Waals surface area contributed by atoms with Gasteiger partial charge in [0, 0.05) is 16.7 Å². The van der Waals surface area contributed by atoms with Crippen LogP contribution in [-0.2, 0) is 14.6 Å². The highest BCUT2D eigenvalue weighted by Crippen LogP contribution is 2.64. The van der Waals surface area contributed by atoms with Gasteiger partial charge in [-0.25, -0.2) is 9.78 Å². The summed E-state index contributed by atoms with van der Waals surface area (Å²) >= 11 is 0. The van der Waals surface area contributed by atoms with E-state index in [1.165, 1.54) is 5.57 Å². The molecule has 3 fully saturated rings. The monoisotopic (exact) mass is 332 g/mol. The summed E-state index contributed by atoms with van der Waals surface area (Å²) < 4.78 is 0. The van der Waals surface area contributed by atoms with E-state index in [1.807, 2.05) is 6.08 Å². The molecule has 0 spiro atoms. The fraction of sp³-hybridized carbons (Fsp3) is 0.750. The number of hydrogen-bond acceptors (Lipinski definition) is 4. The van der Waals surface area contributed by atoms with E-state index in [0.29, 0.717) is 11.8 Å². The predicted molar refractivity (Wildman–Crippen MR) is 89.9 cm³/mol. The Hall–Kier alpha value is -0.970. The molecule has 0 saturated heterocycles. The molecule has 0 heterocycles. The number of allylic oxidation sites excluding steroid dienone is 4. The highest BCUT2D eigenvalue weighted by atomic mass is 17.2. The molecule has 132 valence electrons. The van der Waals surface area contributed by atoms with Crippen LogP contribution in [-0.4, -0.2) is 30.2 Å². The molecule has 3 saturated carbocycles. The molecule has 0 aliphatic heterocycles. The molecular formula is C20H28O4. The lowest BCUT2D eigenvalue weighted by atomic mass is 9.47. The maximum atomic E-state index is 11.8. The molecular weight excluding hydrogens is 304 g/mol. The smallest absolute Gasteiger partial charge is 0.178 e. The molecule has 7 atom stereocenters. The first-order valence-electron chi connectivity index (χ1n) is 9.22. The van der Waals surface area contributed by atoms with E-state index in [4.69, 9.17) is 9.78 Å². The Bertz CT molecular complexity index is 609. The van der Waals surface area contributed by atoms with Crippen LogP contribution in [0.2, 0.25) is 0 Å². The van der Waals surface area contributed by atoms with Crippen molar-refractivity contribution >= 4 is 5.78 Å². The number of rotatable bonds is 2. The third kappa shape index (κ3) is 2.12.